The molecule has 3 nitrogen and oxygen atoms in total. The van der Waals surface area contributed by atoms with Gasteiger partial charge < -0.3 is 5.32 Å². The Kier molecular flexibility index (Phi) is 7.44. The standard InChI is InChI=1S/C19H30N2OS/c1-15(2)12-19(22)20-13-16-8-10-21(11-9-16)14-17-6-4-5-7-18(17)23-3/h4-7,15-16H,8-14H2,1-3H3,(H,20,22). The molecule has 1 aromatic carbocycles. The van der Waals surface area contributed by atoms with Crippen molar-refractivity contribution in [2.75, 3.05) is 25.9 Å². The molecular weight excluding hydrogens is 304 g/mol. The Morgan fingerprint density at radius 2 is 2.00 bits per heavy atom. The number of likely N-dealkylation sites (tertiary alicyclic amines) is 1. The van der Waals surface area contributed by atoms with Gasteiger partial charge in [0.05, 0.1) is 0 Å². The molecule has 128 valence electrons. The van der Waals surface area contributed by atoms with Crippen molar-refractivity contribution in [1.82, 2.24) is 10.2 Å². The van der Waals surface area contributed by atoms with E-state index in [4.69, 9.17) is 0 Å². The van der Waals surface area contributed by atoms with Crippen molar-refractivity contribution in [3.8, 4) is 0 Å². The maximum Gasteiger partial charge on any atom is 0.220 e. The zero-order valence-electron chi connectivity index (χ0n) is 14.7. The Hall–Kier alpha value is -1.00. The average molecular weight is 335 g/mol. The van der Waals surface area contributed by atoms with Crippen LogP contribution in [0.2, 0.25) is 0 Å². The van der Waals surface area contributed by atoms with E-state index in [0.717, 1.165) is 26.2 Å². The molecule has 1 aromatic rings. The highest BCUT2D eigenvalue weighted by Crippen LogP contribution is 2.24. The van der Waals surface area contributed by atoms with Crippen molar-refractivity contribution in [2.24, 2.45) is 11.8 Å². The molecule has 0 radical (unpaired) electrons. The zero-order valence-corrected chi connectivity index (χ0v) is 15.5. The third-order valence-corrected chi connectivity index (χ3v) is 5.31. The quantitative estimate of drug-likeness (QED) is 0.770. The first-order valence-corrected chi connectivity index (χ1v) is 9.92. The molecule has 0 atom stereocenters. The predicted molar refractivity (Wildman–Crippen MR) is 98.7 cm³/mol. The Morgan fingerprint density at radius 1 is 1.30 bits per heavy atom. The van der Waals surface area contributed by atoms with Crippen molar-refractivity contribution in [3.05, 3.63) is 29.8 Å². The molecule has 0 bridgehead atoms. The summed E-state index contributed by atoms with van der Waals surface area (Å²) in [5.74, 6) is 1.28. The first-order valence-electron chi connectivity index (χ1n) is 8.69. The first kappa shape index (κ1) is 18.3. The summed E-state index contributed by atoms with van der Waals surface area (Å²) in [5, 5.41) is 3.11. The van der Waals surface area contributed by atoms with Gasteiger partial charge in [-0.25, -0.2) is 0 Å². The summed E-state index contributed by atoms with van der Waals surface area (Å²) in [6.45, 7) is 8.33. The Labute approximate surface area is 145 Å². The fourth-order valence-corrected chi connectivity index (χ4v) is 3.73. The molecule has 0 aromatic heterocycles. The van der Waals surface area contributed by atoms with E-state index >= 15 is 0 Å². The molecule has 1 N–H and O–H groups in total. The van der Waals surface area contributed by atoms with E-state index < -0.39 is 0 Å². The van der Waals surface area contributed by atoms with E-state index in [1.807, 2.05) is 11.8 Å². The van der Waals surface area contributed by atoms with Crippen molar-refractivity contribution in [3.63, 3.8) is 0 Å². The van der Waals surface area contributed by atoms with Gasteiger partial charge >= 0.3 is 0 Å². The minimum Gasteiger partial charge on any atom is -0.356 e. The number of hydrogen-bond acceptors (Lipinski definition) is 3. The Morgan fingerprint density at radius 3 is 2.65 bits per heavy atom. The number of rotatable bonds is 7. The lowest BCUT2D eigenvalue weighted by atomic mass is 9.96. The van der Waals surface area contributed by atoms with Crippen molar-refractivity contribution >= 4 is 17.7 Å². The van der Waals surface area contributed by atoms with Crippen LogP contribution in [0.1, 0.15) is 38.7 Å². The van der Waals surface area contributed by atoms with Crippen LogP contribution in [0.15, 0.2) is 29.2 Å². The maximum absolute atomic E-state index is 11.7. The number of nitrogens with one attached hydrogen (secondary N) is 1. The van der Waals surface area contributed by atoms with Crippen molar-refractivity contribution < 1.29 is 4.79 Å². The number of piperidine rings is 1. The number of carbonyl (C=O) groups is 1. The number of amides is 1. The second kappa shape index (κ2) is 9.33. The van der Waals surface area contributed by atoms with Crippen LogP contribution in [0.4, 0.5) is 0 Å². The van der Waals surface area contributed by atoms with Crippen LogP contribution in [-0.2, 0) is 11.3 Å². The van der Waals surface area contributed by atoms with Gasteiger partial charge in [0, 0.05) is 24.4 Å². The molecule has 23 heavy (non-hydrogen) atoms. The number of carbonyl (C=O) groups excluding carboxylic acids is 1. The normalized spacial score (nSPS) is 16.7. The van der Waals surface area contributed by atoms with Gasteiger partial charge in [0.25, 0.3) is 0 Å². The lowest BCUT2D eigenvalue weighted by molar-refractivity contribution is -0.122. The second-order valence-corrected chi connectivity index (χ2v) is 7.78. The van der Waals surface area contributed by atoms with E-state index in [9.17, 15) is 4.79 Å². The predicted octanol–water partition coefficient (Wildman–Crippen LogP) is 3.78. The van der Waals surface area contributed by atoms with Crippen LogP contribution in [0.25, 0.3) is 0 Å². The van der Waals surface area contributed by atoms with Gasteiger partial charge in [-0.2, -0.15) is 0 Å². The van der Waals surface area contributed by atoms with Crippen LogP contribution in [0.5, 0.6) is 0 Å². The van der Waals surface area contributed by atoms with Crippen LogP contribution in [0, 0.1) is 11.8 Å². The van der Waals surface area contributed by atoms with Crippen molar-refractivity contribution in [2.45, 2.75) is 44.6 Å². The molecule has 0 aliphatic carbocycles. The molecule has 1 saturated heterocycles. The molecule has 1 heterocycles. The lowest BCUT2D eigenvalue weighted by Crippen LogP contribution is -2.38. The number of thioether (sulfide) groups is 1. The van der Waals surface area contributed by atoms with Gasteiger partial charge in [0.2, 0.25) is 5.91 Å². The Bertz CT molecular complexity index is 496. The van der Waals surface area contributed by atoms with Gasteiger partial charge in [-0.05, 0) is 55.7 Å². The number of benzene rings is 1. The monoisotopic (exact) mass is 334 g/mol. The van der Waals surface area contributed by atoms with E-state index in [-0.39, 0.29) is 5.91 Å². The van der Waals surface area contributed by atoms with Gasteiger partial charge in [0.15, 0.2) is 0 Å². The van der Waals surface area contributed by atoms with Crippen molar-refractivity contribution in [1.29, 1.82) is 0 Å². The summed E-state index contributed by atoms with van der Waals surface area (Å²) < 4.78 is 0. The minimum atomic E-state index is 0.205. The summed E-state index contributed by atoms with van der Waals surface area (Å²) in [6.07, 6.45) is 5.15. The molecule has 4 heteroatoms. The lowest BCUT2D eigenvalue weighted by Gasteiger charge is -2.32. The third-order valence-electron chi connectivity index (χ3n) is 4.48. The van der Waals surface area contributed by atoms with Crippen LogP contribution in [-0.4, -0.2) is 36.7 Å². The van der Waals surface area contributed by atoms with Gasteiger partial charge in [0.1, 0.15) is 0 Å². The highest BCUT2D eigenvalue weighted by Gasteiger charge is 2.20. The molecule has 0 spiro atoms. The fourth-order valence-electron chi connectivity index (χ4n) is 3.12. The summed E-state index contributed by atoms with van der Waals surface area (Å²) >= 11 is 1.83. The molecular formula is C19H30N2OS. The molecule has 0 unspecified atom stereocenters. The van der Waals surface area contributed by atoms with E-state index in [2.05, 4.69) is 54.6 Å². The second-order valence-electron chi connectivity index (χ2n) is 6.93. The molecule has 0 saturated carbocycles. The first-order chi connectivity index (χ1) is 11.1. The maximum atomic E-state index is 11.7. The van der Waals surface area contributed by atoms with Crippen LogP contribution in [0.3, 0.4) is 0 Å². The number of hydrogen-bond donors (Lipinski definition) is 1. The Balaban J connectivity index is 1.72. The summed E-state index contributed by atoms with van der Waals surface area (Å²) in [4.78, 5) is 15.7. The average Bonchev–Trinajstić information content (AvgIpc) is 2.54. The number of nitrogens with zero attached hydrogens (tertiary/aromatic N) is 1. The molecule has 1 fully saturated rings. The summed E-state index contributed by atoms with van der Waals surface area (Å²) in [5.41, 5.74) is 1.43. The highest BCUT2D eigenvalue weighted by molar-refractivity contribution is 7.98. The molecule has 1 aliphatic heterocycles. The summed E-state index contributed by atoms with van der Waals surface area (Å²) in [6, 6.07) is 8.69. The summed E-state index contributed by atoms with van der Waals surface area (Å²) in [7, 11) is 0. The third kappa shape index (κ3) is 6.19. The zero-order chi connectivity index (χ0) is 16.7. The van der Waals surface area contributed by atoms with Gasteiger partial charge in [-0.15, -0.1) is 11.8 Å². The largest absolute Gasteiger partial charge is 0.356 e. The van der Waals surface area contributed by atoms with Crippen LogP contribution < -0.4 is 5.32 Å². The highest BCUT2D eigenvalue weighted by atomic mass is 32.2. The van der Waals surface area contributed by atoms with E-state index in [1.54, 1.807) is 0 Å². The van der Waals surface area contributed by atoms with Crippen LogP contribution >= 0.6 is 11.8 Å². The van der Waals surface area contributed by atoms with E-state index in [1.165, 1.54) is 23.3 Å². The smallest absolute Gasteiger partial charge is 0.220 e. The molecule has 2 rings (SSSR count). The molecule has 1 aliphatic rings. The molecule has 1 amide bonds. The minimum absolute atomic E-state index is 0.205. The van der Waals surface area contributed by atoms with Gasteiger partial charge in [-0.3, -0.25) is 9.69 Å². The van der Waals surface area contributed by atoms with E-state index in [0.29, 0.717) is 18.3 Å². The van der Waals surface area contributed by atoms with Gasteiger partial charge in [-0.1, -0.05) is 32.0 Å². The SMILES string of the molecule is CSc1ccccc1CN1CCC(CNC(=O)CC(C)C)CC1. The topological polar surface area (TPSA) is 32.3 Å². The fraction of sp³-hybridized carbons (Fsp3) is 0.632.